The lowest BCUT2D eigenvalue weighted by molar-refractivity contribution is -0.116. The standard InChI is InChI=1S/C23H26N2O3/c1-2-21(26)24-16-17-8-10-20(11-9-17)23(27)25-22(18-6-4-3-5-7-18)19-12-14-28-15-13-19/h2-11,19,22H,1,12-16H2,(H,24,26)(H,25,27). The average Bonchev–Trinajstić information content (AvgIpc) is 2.77. The van der Waals surface area contributed by atoms with E-state index >= 15 is 0 Å². The van der Waals surface area contributed by atoms with Crippen LogP contribution in [0.3, 0.4) is 0 Å². The zero-order chi connectivity index (χ0) is 19.8. The van der Waals surface area contributed by atoms with E-state index in [-0.39, 0.29) is 17.9 Å². The van der Waals surface area contributed by atoms with Gasteiger partial charge in [-0.3, -0.25) is 9.59 Å². The van der Waals surface area contributed by atoms with Crippen molar-refractivity contribution >= 4 is 11.8 Å². The van der Waals surface area contributed by atoms with E-state index < -0.39 is 0 Å². The van der Waals surface area contributed by atoms with Gasteiger partial charge in [0, 0.05) is 25.3 Å². The highest BCUT2D eigenvalue weighted by molar-refractivity contribution is 5.94. The molecule has 0 aromatic heterocycles. The maximum Gasteiger partial charge on any atom is 0.251 e. The van der Waals surface area contributed by atoms with Gasteiger partial charge in [0.05, 0.1) is 6.04 Å². The second-order valence-corrected chi connectivity index (χ2v) is 6.93. The lowest BCUT2D eigenvalue weighted by Crippen LogP contribution is -2.36. The van der Waals surface area contributed by atoms with Crippen LogP contribution in [0.5, 0.6) is 0 Å². The molecule has 0 radical (unpaired) electrons. The summed E-state index contributed by atoms with van der Waals surface area (Å²) in [5, 5.41) is 5.95. The van der Waals surface area contributed by atoms with Gasteiger partial charge in [0.25, 0.3) is 5.91 Å². The van der Waals surface area contributed by atoms with Gasteiger partial charge in [-0.15, -0.1) is 0 Å². The van der Waals surface area contributed by atoms with Crippen LogP contribution >= 0.6 is 0 Å². The van der Waals surface area contributed by atoms with E-state index in [0.29, 0.717) is 18.0 Å². The maximum atomic E-state index is 12.9. The third kappa shape index (κ3) is 5.30. The predicted octanol–water partition coefficient (Wildman–Crippen LogP) is 3.39. The summed E-state index contributed by atoms with van der Waals surface area (Å²) < 4.78 is 5.49. The van der Waals surface area contributed by atoms with Crippen LogP contribution in [0.15, 0.2) is 67.3 Å². The zero-order valence-electron chi connectivity index (χ0n) is 15.9. The third-order valence-corrected chi connectivity index (χ3v) is 5.05. The Hall–Kier alpha value is -2.92. The van der Waals surface area contributed by atoms with Gasteiger partial charge in [-0.25, -0.2) is 0 Å². The zero-order valence-corrected chi connectivity index (χ0v) is 15.9. The summed E-state index contributed by atoms with van der Waals surface area (Å²) in [5.74, 6) is 0.0412. The van der Waals surface area contributed by atoms with Crippen molar-refractivity contribution in [3.8, 4) is 0 Å². The molecule has 2 N–H and O–H groups in total. The average molecular weight is 378 g/mol. The molecule has 1 atom stereocenters. The first-order valence-corrected chi connectivity index (χ1v) is 9.60. The molecule has 2 aromatic carbocycles. The summed E-state index contributed by atoms with van der Waals surface area (Å²) in [6.45, 7) is 5.29. The first-order valence-electron chi connectivity index (χ1n) is 9.60. The minimum Gasteiger partial charge on any atom is -0.381 e. The Bertz CT molecular complexity index is 796. The molecule has 5 heteroatoms. The fourth-order valence-electron chi connectivity index (χ4n) is 3.44. The fraction of sp³-hybridized carbons (Fsp3) is 0.304. The van der Waals surface area contributed by atoms with Crippen molar-refractivity contribution in [3.63, 3.8) is 0 Å². The van der Waals surface area contributed by atoms with E-state index in [1.807, 2.05) is 30.3 Å². The Labute approximate surface area is 165 Å². The molecule has 0 aliphatic carbocycles. The Morgan fingerprint density at radius 3 is 2.39 bits per heavy atom. The number of carbonyl (C=O) groups excluding carboxylic acids is 2. The normalized spacial score (nSPS) is 15.4. The van der Waals surface area contributed by atoms with E-state index in [2.05, 4.69) is 29.3 Å². The molecule has 1 fully saturated rings. The second kappa shape index (κ2) is 9.85. The topological polar surface area (TPSA) is 67.4 Å². The summed E-state index contributed by atoms with van der Waals surface area (Å²) >= 11 is 0. The van der Waals surface area contributed by atoms with E-state index in [4.69, 9.17) is 4.74 Å². The Morgan fingerprint density at radius 2 is 1.75 bits per heavy atom. The van der Waals surface area contributed by atoms with Crippen LogP contribution in [0.4, 0.5) is 0 Å². The molecule has 2 aromatic rings. The molecule has 28 heavy (non-hydrogen) atoms. The van der Waals surface area contributed by atoms with Crippen LogP contribution in [-0.4, -0.2) is 25.0 Å². The van der Waals surface area contributed by atoms with Gasteiger partial charge in [0.15, 0.2) is 0 Å². The number of benzene rings is 2. The number of carbonyl (C=O) groups is 2. The minimum atomic E-state index is -0.219. The van der Waals surface area contributed by atoms with Crippen LogP contribution in [0.1, 0.15) is 40.4 Å². The number of hydrogen-bond donors (Lipinski definition) is 2. The third-order valence-electron chi connectivity index (χ3n) is 5.05. The fourth-order valence-corrected chi connectivity index (χ4v) is 3.44. The smallest absolute Gasteiger partial charge is 0.251 e. The van der Waals surface area contributed by atoms with Gasteiger partial charge in [0.2, 0.25) is 5.91 Å². The lowest BCUT2D eigenvalue weighted by Gasteiger charge is -2.31. The molecule has 0 saturated carbocycles. The monoisotopic (exact) mass is 378 g/mol. The molecular formula is C23H26N2O3. The summed E-state index contributed by atoms with van der Waals surface area (Å²) in [4.78, 5) is 24.1. The van der Waals surface area contributed by atoms with Crippen molar-refractivity contribution < 1.29 is 14.3 Å². The van der Waals surface area contributed by atoms with Gasteiger partial charge in [-0.05, 0) is 48.1 Å². The first-order chi connectivity index (χ1) is 13.7. The van der Waals surface area contributed by atoms with Crippen LogP contribution in [0.25, 0.3) is 0 Å². The van der Waals surface area contributed by atoms with Gasteiger partial charge in [0.1, 0.15) is 0 Å². The van der Waals surface area contributed by atoms with Crippen LogP contribution in [-0.2, 0) is 16.1 Å². The maximum absolute atomic E-state index is 12.9. The molecule has 5 nitrogen and oxygen atoms in total. The highest BCUT2D eigenvalue weighted by atomic mass is 16.5. The summed E-state index contributed by atoms with van der Waals surface area (Å²) in [5.41, 5.74) is 2.65. The SMILES string of the molecule is C=CC(=O)NCc1ccc(C(=O)NC(c2ccccc2)C2CCOCC2)cc1. The Kier molecular flexibility index (Phi) is 6.98. The Morgan fingerprint density at radius 1 is 1.07 bits per heavy atom. The van der Waals surface area contributed by atoms with Gasteiger partial charge in [-0.2, -0.15) is 0 Å². The quantitative estimate of drug-likeness (QED) is 0.726. The van der Waals surface area contributed by atoms with Crippen molar-refractivity contribution in [1.29, 1.82) is 0 Å². The molecule has 1 heterocycles. The highest BCUT2D eigenvalue weighted by Crippen LogP contribution is 2.30. The van der Waals surface area contributed by atoms with Crippen molar-refractivity contribution in [2.24, 2.45) is 5.92 Å². The number of ether oxygens (including phenoxy) is 1. The molecule has 146 valence electrons. The van der Waals surface area contributed by atoms with Crippen LogP contribution in [0.2, 0.25) is 0 Å². The van der Waals surface area contributed by atoms with Gasteiger partial charge in [-0.1, -0.05) is 49.0 Å². The molecule has 2 amide bonds. The molecule has 3 rings (SSSR count). The van der Waals surface area contributed by atoms with Crippen molar-refractivity contribution in [2.75, 3.05) is 13.2 Å². The lowest BCUT2D eigenvalue weighted by atomic mass is 9.87. The van der Waals surface area contributed by atoms with Crippen molar-refractivity contribution in [2.45, 2.75) is 25.4 Å². The molecule has 1 aliphatic heterocycles. The Balaban J connectivity index is 1.69. The molecular weight excluding hydrogens is 352 g/mol. The first kappa shape index (κ1) is 19.8. The number of amides is 2. The number of nitrogens with one attached hydrogen (secondary N) is 2. The number of hydrogen-bond acceptors (Lipinski definition) is 3. The van der Waals surface area contributed by atoms with Crippen molar-refractivity contribution in [1.82, 2.24) is 10.6 Å². The van der Waals surface area contributed by atoms with Gasteiger partial charge >= 0.3 is 0 Å². The van der Waals surface area contributed by atoms with Gasteiger partial charge < -0.3 is 15.4 Å². The molecule has 1 aliphatic rings. The largest absolute Gasteiger partial charge is 0.381 e. The summed E-state index contributed by atoms with van der Waals surface area (Å²) in [6.07, 6.45) is 3.10. The minimum absolute atomic E-state index is 0.0378. The van der Waals surface area contributed by atoms with Crippen LogP contribution in [0, 0.1) is 5.92 Å². The van der Waals surface area contributed by atoms with E-state index in [0.717, 1.165) is 37.2 Å². The van der Waals surface area contributed by atoms with E-state index in [1.54, 1.807) is 12.1 Å². The van der Waals surface area contributed by atoms with Crippen molar-refractivity contribution in [3.05, 3.63) is 83.9 Å². The number of rotatable bonds is 7. The van der Waals surface area contributed by atoms with E-state index in [1.165, 1.54) is 6.08 Å². The molecule has 1 unspecified atom stereocenters. The summed E-state index contributed by atoms with van der Waals surface area (Å²) in [7, 11) is 0. The molecule has 1 saturated heterocycles. The van der Waals surface area contributed by atoms with Crippen LogP contribution < -0.4 is 10.6 Å². The highest BCUT2D eigenvalue weighted by Gasteiger charge is 2.27. The molecule has 0 spiro atoms. The second-order valence-electron chi connectivity index (χ2n) is 6.93. The van der Waals surface area contributed by atoms with E-state index in [9.17, 15) is 9.59 Å². The summed E-state index contributed by atoms with van der Waals surface area (Å²) in [6, 6.07) is 17.3. The molecule has 0 bridgehead atoms. The predicted molar refractivity (Wildman–Crippen MR) is 109 cm³/mol.